The van der Waals surface area contributed by atoms with E-state index in [1.54, 1.807) is 0 Å². The van der Waals surface area contributed by atoms with Crippen LogP contribution in [0.2, 0.25) is 0 Å². The minimum Gasteiger partial charge on any atom is -0.469 e. The fourth-order valence-corrected chi connectivity index (χ4v) is 8.66. The molecule has 6 saturated heterocycles. The molecule has 0 aromatic heterocycles. The van der Waals surface area contributed by atoms with Gasteiger partial charge in [-0.2, -0.15) is 0 Å². The highest BCUT2D eigenvalue weighted by Gasteiger charge is 2.49. The fourth-order valence-electron chi connectivity index (χ4n) is 8.66. The minimum absolute atomic E-state index is 0. The molecule has 0 radical (unpaired) electrons. The van der Waals surface area contributed by atoms with Gasteiger partial charge in [-0.1, -0.05) is 136 Å². The summed E-state index contributed by atoms with van der Waals surface area (Å²) in [6.45, 7) is 9.62. The molecule has 13 heteroatoms. The molecule has 6 rings (SSSR count). The predicted octanol–water partition coefficient (Wildman–Crippen LogP) is 9.43. The van der Waals surface area contributed by atoms with Crippen molar-refractivity contribution in [3.8, 4) is 0 Å². The fraction of sp³-hybridized carbons (Fsp3) is 0.885. The topological polar surface area (TPSA) is 175 Å². The first-order chi connectivity index (χ1) is 31.2. The number of aliphatic hydroxyl groups is 3. The molecule has 6 heterocycles. The van der Waals surface area contributed by atoms with E-state index >= 15 is 0 Å². The summed E-state index contributed by atoms with van der Waals surface area (Å²) in [5, 5.41) is 28.0. The summed E-state index contributed by atoms with van der Waals surface area (Å²) in [5.74, 6) is -0.274. The molecule has 0 bridgehead atoms. The number of aliphatic hydroxyl groups excluding tert-OH is 3. The molecule has 0 aromatic carbocycles. The van der Waals surface area contributed by atoms with Crippen molar-refractivity contribution in [2.45, 2.75) is 262 Å². The van der Waals surface area contributed by atoms with Gasteiger partial charge in [-0.05, 0) is 57.8 Å². The predicted molar refractivity (Wildman–Crippen MR) is 255 cm³/mol. The molecule has 12 atom stereocenters. The number of rotatable bonds is 29. The van der Waals surface area contributed by atoms with Crippen LogP contribution in [0.25, 0.3) is 0 Å². The van der Waals surface area contributed by atoms with Crippen molar-refractivity contribution in [1.29, 1.82) is 0 Å². The Labute approximate surface area is 394 Å². The number of fused-ring (bicyclic) bond motifs is 2. The number of esters is 2. The molecule has 6 fully saturated rings. The molecule has 12 unspecified atom stereocenters. The Balaban J connectivity index is 0.000000367. The van der Waals surface area contributed by atoms with E-state index < -0.39 is 18.3 Å². The molecular weight excluding hydrogens is 833 g/mol. The average molecular weight is 927 g/mol. The van der Waals surface area contributed by atoms with E-state index in [0.717, 1.165) is 51.4 Å². The third-order valence-electron chi connectivity index (χ3n) is 12.6. The lowest BCUT2D eigenvalue weighted by Gasteiger charge is -2.16. The smallest absolute Gasteiger partial charge is 0.306 e. The lowest BCUT2D eigenvalue weighted by molar-refractivity contribution is -0.154. The SMILES string of the molecule is C.CC.CCCCC/C=C\C/C=C\CCCCCCCC(=O)OC.CCCCCC1OC1CC1OC1CCCCCCCC(=O)OC1COC2C(O)COC12.OC1COC2C(O)COC12. The number of carbonyl (C=O) groups is 2. The number of hydrogen-bond donors (Lipinski definition) is 3. The highest BCUT2D eigenvalue weighted by molar-refractivity contribution is 5.69. The van der Waals surface area contributed by atoms with Crippen LogP contribution in [-0.2, 0) is 47.5 Å². The Morgan fingerprint density at radius 2 is 0.938 bits per heavy atom. The summed E-state index contributed by atoms with van der Waals surface area (Å²) in [6.07, 6.45) is 34.7. The largest absolute Gasteiger partial charge is 0.469 e. The van der Waals surface area contributed by atoms with Crippen molar-refractivity contribution in [2.24, 2.45) is 0 Å². The van der Waals surface area contributed by atoms with Gasteiger partial charge in [0.25, 0.3) is 0 Å². The average Bonchev–Trinajstić information content (AvgIpc) is 3.97. The molecule has 6 aliphatic heterocycles. The van der Waals surface area contributed by atoms with Gasteiger partial charge in [-0.15, -0.1) is 0 Å². The van der Waals surface area contributed by atoms with E-state index in [9.17, 15) is 14.7 Å². The van der Waals surface area contributed by atoms with Crippen LogP contribution in [-0.4, -0.2) is 134 Å². The Kier molecular flexibility index (Phi) is 32.9. The second-order valence-corrected chi connectivity index (χ2v) is 17.9. The minimum atomic E-state index is -0.612. The first kappa shape index (κ1) is 59.2. The number of methoxy groups -OCH3 is 1. The van der Waals surface area contributed by atoms with E-state index in [-0.39, 0.29) is 69.7 Å². The maximum atomic E-state index is 12.1. The molecule has 0 aromatic rings. The molecule has 0 aliphatic carbocycles. The van der Waals surface area contributed by atoms with E-state index in [1.165, 1.54) is 97.0 Å². The van der Waals surface area contributed by atoms with Gasteiger partial charge in [0.1, 0.15) is 42.7 Å². The van der Waals surface area contributed by atoms with Crippen LogP contribution in [0, 0.1) is 0 Å². The van der Waals surface area contributed by atoms with Crippen LogP contribution in [0.3, 0.4) is 0 Å². The first-order valence-corrected chi connectivity index (χ1v) is 25.6. The van der Waals surface area contributed by atoms with Gasteiger partial charge in [0, 0.05) is 19.3 Å². The standard InChI is InChI=1S/C24H40O7.C19H34O2.C6H10O4.C2H6.CH4/c1-2-3-7-10-17-19(29-17)13-20-18(30-20)11-8-5-4-6-9-12-22(26)31-21-15-28-23-16(25)14-27-24(21)23;1-3-4-5-6-7-8-9-10-11-12-13-14-15-16-17-18-19(20)21-2;7-3-1-9-6-4(8)2-10-5(3)6;1-2;/h16-21,23-25H,2-15H2,1H3;7-8,10-11H,3-6,9,12-18H2,1-2H3;3-8H,1-2H2;1-2H3;1H4/b;8-7-,11-10-;;;. The van der Waals surface area contributed by atoms with Crippen LogP contribution in [0.15, 0.2) is 24.3 Å². The molecule has 13 nitrogen and oxygen atoms in total. The maximum Gasteiger partial charge on any atom is 0.306 e. The lowest BCUT2D eigenvalue weighted by atomic mass is 10.0. The lowest BCUT2D eigenvalue weighted by Crippen LogP contribution is -2.34. The second-order valence-electron chi connectivity index (χ2n) is 17.9. The first-order valence-electron chi connectivity index (χ1n) is 25.6. The van der Waals surface area contributed by atoms with Crippen molar-refractivity contribution in [3.05, 3.63) is 24.3 Å². The normalized spacial score (nSPS) is 30.3. The number of carbonyl (C=O) groups excluding carboxylic acids is 2. The summed E-state index contributed by atoms with van der Waals surface area (Å²) < 4.78 is 42.8. The van der Waals surface area contributed by atoms with Crippen molar-refractivity contribution in [1.82, 2.24) is 0 Å². The third kappa shape index (κ3) is 24.3. The van der Waals surface area contributed by atoms with Crippen molar-refractivity contribution in [2.75, 3.05) is 33.5 Å². The van der Waals surface area contributed by atoms with E-state index in [4.69, 9.17) is 43.4 Å². The van der Waals surface area contributed by atoms with Crippen molar-refractivity contribution >= 4 is 11.9 Å². The summed E-state index contributed by atoms with van der Waals surface area (Å²) in [6, 6.07) is 0. The van der Waals surface area contributed by atoms with Crippen LogP contribution in [0.5, 0.6) is 0 Å². The zero-order valence-electron chi connectivity index (χ0n) is 40.5. The second kappa shape index (κ2) is 36.1. The van der Waals surface area contributed by atoms with Crippen molar-refractivity contribution < 1.29 is 62.8 Å². The molecule has 0 spiro atoms. The van der Waals surface area contributed by atoms with Gasteiger partial charge < -0.3 is 53.2 Å². The van der Waals surface area contributed by atoms with Gasteiger partial charge in [0.2, 0.25) is 0 Å². The van der Waals surface area contributed by atoms with Crippen LogP contribution in [0.4, 0.5) is 0 Å². The van der Waals surface area contributed by atoms with Gasteiger partial charge in [-0.3, -0.25) is 9.59 Å². The van der Waals surface area contributed by atoms with Crippen molar-refractivity contribution in [3.63, 3.8) is 0 Å². The Bertz CT molecular complexity index is 1250. The van der Waals surface area contributed by atoms with E-state index in [0.29, 0.717) is 43.9 Å². The van der Waals surface area contributed by atoms with E-state index in [2.05, 4.69) is 42.9 Å². The zero-order valence-corrected chi connectivity index (χ0v) is 40.5. The number of unbranched alkanes of at least 4 members (excludes halogenated alkanes) is 14. The van der Waals surface area contributed by atoms with E-state index in [1.807, 2.05) is 13.8 Å². The summed E-state index contributed by atoms with van der Waals surface area (Å²) >= 11 is 0. The number of epoxide rings is 2. The van der Waals surface area contributed by atoms with Gasteiger partial charge in [0.15, 0.2) is 6.10 Å². The van der Waals surface area contributed by atoms with Crippen LogP contribution in [0.1, 0.15) is 189 Å². The highest BCUT2D eigenvalue weighted by atomic mass is 16.6. The van der Waals surface area contributed by atoms with Gasteiger partial charge in [-0.25, -0.2) is 0 Å². The molecule has 65 heavy (non-hydrogen) atoms. The number of ether oxygens (including phenoxy) is 8. The van der Waals surface area contributed by atoms with Gasteiger partial charge in [0.05, 0.1) is 58.0 Å². The molecule has 0 saturated carbocycles. The summed E-state index contributed by atoms with van der Waals surface area (Å²) in [5.41, 5.74) is 0. The number of allylic oxidation sites excluding steroid dienone is 4. The van der Waals surface area contributed by atoms with Crippen LogP contribution < -0.4 is 0 Å². The van der Waals surface area contributed by atoms with Gasteiger partial charge >= 0.3 is 11.9 Å². The quantitative estimate of drug-likeness (QED) is 0.0280. The Morgan fingerprint density at radius 1 is 0.523 bits per heavy atom. The Morgan fingerprint density at radius 3 is 1.48 bits per heavy atom. The summed E-state index contributed by atoms with van der Waals surface area (Å²) in [4.78, 5) is 23.0. The molecule has 380 valence electrons. The Hall–Kier alpha value is -1.94. The molecule has 6 aliphatic rings. The summed E-state index contributed by atoms with van der Waals surface area (Å²) in [7, 11) is 1.45. The van der Waals surface area contributed by atoms with Crippen LogP contribution >= 0.6 is 0 Å². The molecular formula is C52H94O13. The highest BCUT2D eigenvalue weighted by Crippen LogP contribution is 2.39. The zero-order chi connectivity index (χ0) is 46.4. The number of hydrogen-bond acceptors (Lipinski definition) is 13. The third-order valence-corrected chi connectivity index (χ3v) is 12.6. The monoisotopic (exact) mass is 927 g/mol. The molecule has 0 amide bonds. The molecule has 3 N–H and O–H groups in total. The maximum absolute atomic E-state index is 12.1.